The Balaban J connectivity index is 1.80. The van der Waals surface area contributed by atoms with Gasteiger partial charge < -0.3 is 19.7 Å². The van der Waals surface area contributed by atoms with E-state index in [2.05, 4.69) is 11.9 Å². The highest BCUT2D eigenvalue weighted by Crippen LogP contribution is 2.28. The fourth-order valence-corrected chi connectivity index (χ4v) is 3.26. The van der Waals surface area contributed by atoms with E-state index in [1.54, 1.807) is 48.5 Å². The standard InChI is InChI=1S/C22H23N3O5/c1-4-10-24-19(21(27)25(22(24)28)16-8-6-5-7-9-16)14-20(26)23-15-11-17(29-2)13-18(12-15)30-3/h4-9,11-13,19H,1,10,14H2,2-3H3,(H,23,26)/t19-/m0/s1. The minimum absolute atomic E-state index is 0.152. The zero-order valence-corrected chi connectivity index (χ0v) is 16.8. The van der Waals surface area contributed by atoms with Crippen LogP contribution < -0.4 is 19.7 Å². The molecule has 0 radical (unpaired) electrons. The maximum atomic E-state index is 13.0. The second-order valence-corrected chi connectivity index (χ2v) is 6.60. The molecule has 3 rings (SSSR count). The molecule has 2 aromatic rings. The molecule has 30 heavy (non-hydrogen) atoms. The quantitative estimate of drug-likeness (QED) is 0.535. The molecule has 1 atom stereocenters. The number of benzene rings is 2. The molecule has 156 valence electrons. The van der Waals surface area contributed by atoms with Crippen LogP contribution in [0.5, 0.6) is 11.5 Å². The first kappa shape index (κ1) is 20.9. The predicted octanol–water partition coefficient (Wildman–Crippen LogP) is 3.06. The molecule has 0 saturated carbocycles. The average Bonchev–Trinajstić information content (AvgIpc) is 2.98. The number of ether oxygens (including phenoxy) is 2. The van der Waals surface area contributed by atoms with Gasteiger partial charge in [-0.1, -0.05) is 24.3 Å². The number of hydrogen-bond donors (Lipinski definition) is 1. The number of nitrogens with zero attached hydrogens (tertiary/aromatic N) is 2. The first-order valence-corrected chi connectivity index (χ1v) is 9.32. The van der Waals surface area contributed by atoms with E-state index in [4.69, 9.17) is 9.47 Å². The van der Waals surface area contributed by atoms with Gasteiger partial charge in [0, 0.05) is 30.4 Å². The van der Waals surface area contributed by atoms with Gasteiger partial charge in [-0.2, -0.15) is 0 Å². The van der Waals surface area contributed by atoms with Crippen molar-refractivity contribution in [2.24, 2.45) is 0 Å². The summed E-state index contributed by atoms with van der Waals surface area (Å²) in [6, 6.07) is 12.2. The lowest BCUT2D eigenvalue weighted by Crippen LogP contribution is -2.38. The van der Waals surface area contributed by atoms with Crippen molar-refractivity contribution in [2.75, 3.05) is 31.0 Å². The normalized spacial score (nSPS) is 15.9. The van der Waals surface area contributed by atoms with Crippen LogP contribution in [0, 0.1) is 0 Å². The number of urea groups is 1. The van der Waals surface area contributed by atoms with Crippen molar-refractivity contribution >= 4 is 29.2 Å². The van der Waals surface area contributed by atoms with Gasteiger partial charge in [0.2, 0.25) is 5.91 Å². The molecule has 8 nitrogen and oxygen atoms in total. The Hall–Kier alpha value is -3.81. The van der Waals surface area contributed by atoms with Crippen molar-refractivity contribution < 1.29 is 23.9 Å². The lowest BCUT2D eigenvalue weighted by molar-refractivity contribution is -0.124. The summed E-state index contributed by atoms with van der Waals surface area (Å²) in [6.07, 6.45) is 1.33. The minimum atomic E-state index is -0.928. The van der Waals surface area contributed by atoms with Gasteiger partial charge in [-0.05, 0) is 12.1 Å². The summed E-state index contributed by atoms with van der Waals surface area (Å²) in [7, 11) is 3.02. The summed E-state index contributed by atoms with van der Waals surface area (Å²) in [6.45, 7) is 3.80. The van der Waals surface area contributed by atoms with Crippen LogP contribution in [0.2, 0.25) is 0 Å². The molecular formula is C22H23N3O5. The molecule has 0 spiro atoms. The molecule has 1 N–H and O–H groups in total. The largest absolute Gasteiger partial charge is 0.497 e. The Labute approximate surface area is 174 Å². The monoisotopic (exact) mass is 409 g/mol. The van der Waals surface area contributed by atoms with Gasteiger partial charge in [-0.3, -0.25) is 9.59 Å². The van der Waals surface area contributed by atoms with Crippen LogP contribution in [0.1, 0.15) is 6.42 Å². The zero-order chi connectivity index (χ0) is 21.7. The highest BCUT2D eigenvalue weighted by Gasteiger charge is 2.46. The fourth-order valence-electron chi connectivity index (χ4n) is 3.26. The SMILES string of the molecule is C=CCN1C(=O)N(c2ccccc2)C(=O)[C@@H]1CC(=O)Nc1cc(OC)cc(OC)c1. The summed E-state index contributed by atoms with van der Waals surface area (Å²) in [4.78, 5) is 41.0. The Morgan fingerprint density at radius 3 is 2.30 bits per heavy atom. The van der Waals surface area contributed by atoms with Crippen LogP contribution in [-0.4, -0.2) is 49.6 Å². The maximum absolute atomic E-state index is 13.0. The van der Waals surface area contributed by atoms with Crippen LogP contribution in [-0.2, 0) is 9.59 Å². The summed E-state index contributed by atoms with van der Waals surface area (Å²) in [5, 5.41) is 2.74. The van der Waals surface area contributed by atoms with Gasteiger partial charge in [0.15, 0.2) is 0 Å². The van der Waals surface area contributed by atoms with Crippen LogP contribution in [0.3, 0.4) is 0 Å². The predicted molar refractivity (Wildman–Crippen MR) is 113 cm³/mol. The second kappa shape index (κ2) is 9.13. The van der Waals surface area contributed by atoms with Gasteiger partial charge in [0.05, 0.1) is 26.3 Å². The van der Waals surface area contributed by atoms with Gasteiger partial charge in [0.1, 0.15) is 17.5 Å². The molecule has 0 aromatic heterocycles. The van der Waals surface area contributed by atoms with Crippen LogP contribution >= 0.6 is 0 Å². The van der Waals surface area contributed by atoms with Crippen LogP contribution in [0.25, 0.3) is 0 Å². The second-order valence-electron chi connectivity index (χ2n) is 6.60. The molecule has 8 heteroatoms. The van der Waals surface area contributed by atoms with E-state index in [0.717, 1.165) is 4.90 Å². The Kier molecular flexibility index (Phi) is 6.36. The molecular weight excluding hydrogens is 386 g/mol. The Bertz CT molecular complexity index is 938. The molecule has 0 unspecified atom stereocenters. The molecule has 1 aliphatic heterocycles. The molecule has 2 aromatic carbocycles. The van der Waals surface area contributed by atoms with Crippen molar-refractivity contribution in [2.45, 2.75) is 12.5 Å². The minimum Gasteiger partial charge on any atom is -0.497 e. The maximum Gasteiger partial charge on any atom is 0.332 e. The highest BCUT2D eigenvalue weighted by molar-refractivity contribution is 6.22. The van der Waals surface area contributed by atoms with Crippen LogP contribution in [0.15, 0.2) is 61.2 Å². The van der Waals surface area contributed by atoms with E-state index in [1.165, 1.54) is 25.2 Å². The molecule has 1 heterocycles. The van der Waals surface area contributed by atoms with Crippen molar-refractivity contribution in [3.63, 3.8) is 0 Å². The summed E-state index contributed by atoms with van der Waals surface area (Å²) >= 11 is 0. The summed E-state index contributed by atoms with van der Waals surface area (Å²) in [5.41, 5.74) is 0.921. The van der Waals surface area contributed by atoms with E-state index >= 15 is 0 Å². The highest BCUT2D eigenvalue weighted by atomic mass is 16.5. The first-order chi connectivity index (χ1) is 14.5. The summed E-state index contributed by atoms with van der Waals surface area (Å²) in [5.74, 6) is 0.160. The molecule has 0 bridgehead atoms. The van der Waals surface area contributed by atoms with E-state index < -0.39 is 23.9 Å². The number of carbonyl (C=O) groups is 3. The fraction of sp³-hybridized carbons (Fsp3) is 0.227. The van der Waals surface area contributed by atoms with Crippen molar-refractivity contribution in [3.8, 4) is 11.5 Å². The topological polar surface area (TPSA) is 88.2 Å². The Morgan fingerprint density at radius 1 is 1.10 bits per heavy atom. The number of amides is 4. The third-order valence-electron chi connectivity index (χ3n) is 4.67. The number of imide groups is 1. The number of carbonyl (C=O) groups excluding carboxylic acids is 3. The number of methoxy groups -OCH3 is 2. The number of hydrogen-bond acceptors (Lipinski definition) is 5. The third kappa shape index (κ3) is 4.27. The van der Waals surface area contributed by atoms with Gasteiger partial charge in [-0.25, -0.2) is 9.69 Å². The van der Waals surface area contributed by atoms with Gasteiger partial charge in [-0.15, -0.1) is 6.58 Å². The molecule has 1 saturated heterocycles. The van der Waals surface area contributed by atoms with E-state index in [9.17, 15) is 14.4 Å². The van der Waals surface area contributed by atoms with Crippen molar-refractivity contribution in [1.29, 1.82) is 0 Å². The van der Waals surface area contributed by atoms with E-state index in [1.807, 2.05) is 0 Å². The van der Waals surface area contributed by atoms with Gasteiger partial charge >= 0.3 is 6.03 Å². The van der Waals surface area contributed by atoms with Crippen molar-refractivity contribution in [1.82, 2.24) is 4.90 Å². The molecule has 4 amide bonds. The molecule has 0 aliphatic carbocycles. The van der Waals surface area contributed by atoms with E-state index in [0.29, 0.717) is 22.9 Å². The average molecular weight is 409 g/mol. The van der Waals surface area contributed by atoms with E-state index in [-0.39, 0.29) is 13.0 Å². The lowest BCUT2D eigenvalue weighted by atomic mass is 10.1. The number of rotatable bonds is 8. The van der Waals surface area contributed by atoms with Crippen molar-refractivity contribution in [3.05, 3.63) is 61.2 Å². The molecule has 1 fully saturated rings. The smallest absolute Gasteiger partial charge is 0.332 e. The number of anilines is 2. The Morgan fingerprint density at radius 2 is 1.73 bits per heavy atom. The zero-order valence-electron chi connectivity index (χ0n) is 16.8. The third-order valence-corrected chi connectivity index (χ3v) is 4.67. The van der Waals surface area contributed by atoms with Gasteiger partial charge in [0.25, 0.3) is 5.91 Å². The lowest BCUT2D eigenvalue weighted by Gasteiger charge is -2.19. The molecule has 1 aliphatic rings. The summed E-state index contributed by atoms with van der Waals surface area (Å²) < 4.78 is 10.4. The van der Waals surface area contributed by atoms with Crippen LogP contribution in [0.4, 0.5) is 16.2 Å². The number of nitrogens with one attached hydrogen (secondary N) is 1. The first-order valence-electron chi connectivity index (χ1n) is 9.32. The number of para-hydroxylation sites is 1.